The molecule has 1 saturated heterocycles. The molecule has 5 nitrogen and oxygen atoms in total. The highest BCUT2D eigenvalue weighted by Gasteiger charge is 2.20. The average molecular weight is 335 g/mol. The highest BCUT2D eigenvalue weighted by atomic mass is 79.9. The third-order valence-electron chi connectivity index (χ3n) is 2.70. The maximum Gasteiger partial charge on any atom is 0.253 e. The Labute approximate surface area is 115 Å². The minimum absolute atomic E-state index is 0.273. The number of hydrogen-bond donors (Lipinski definition) is 1. The summed E-state index contributed by atoms with van der Waals surface area (Å²) < 4.78 is 30.4. The van der Waals surface area contributed by atoms with Crippen molar-refractivity contribution in [3.8, 4) is 0 Å². The molecule has 7 heteroatoms. The summed E-state index contributed by atoms with van der Waals surface area (Å²) >= 11 is 3.35. The second-order valence-corrected chi connectivity index (χ2v) is 6.62. The van der Waals surface area contributed by atoms with Gasteiger partial charge in [0.15, 0.2) is 0 Å². The maximum absolute atomic E-state index is 12.2. The zero-order chi connectivity index (χ0) is 13.2. The van der Waals surface area contributed by atoms with Crippen molar-refractivity contribution in [3.63, 3.8) is 0 Å². The summed E-state index contributed by atoms with van der Waals surface area (Å²) in [5.41, 5.74) is 0.889. The van der Waals surface area contributed by atoms with Gasteiger partial charge in [-0.2, -0.15) is 0 Å². The molecule has 0 radical (unpaired) electrons. The first-order chi connectivity index (χ1) is 8.49. The first-order valence-electron chi connectivity index (χ1n) is 5.60. The summed E-state index contributed by atoms with van der Waals surface area (Å²) in [6, 6.07) is 4.97. The third kappa shape index (κ3) is 3.30. The van der Waals surface area contributed by atoms with Gasteiger partial charge < -0.3 is 4.74 Å². The van der Waals surface area contributed by atoms with Crippen LogP contribution in [0.25, 0.3) is 0 Å². The van der Waals surface area contributed by atoms with Gasteiger partial charge in [0.2, 0.25) is 0 Å². The van der Waals surface area contributed by atoms with Gasteiger partial charge in [0, 0.05) is 17.6 Å². The van der Waals surface area contributed by atoms with Gasteiger partial charge in [-0.1, -0.05) is 15.9 Å². The van der Waals surface area contributed by atoms with E-state index in [9.17, 15) is 8.42 Å². The van der Waals surface area contributed by atoms with Gasteiger partial charge in [-0.25, -0.2) is 13.4 Å². The summed E-state index contributed by atoms with van der Waals surface area (Å²) in [7, 11) is -3.50. The normalized spacial score (nSPS) is 17.9. The molecule has 0 spiro atoms. The average Bonchev–Trinajstić information content (AvgIpc) is 2.33. The van der Waals surface area contributed by atoms with Crippen LogP contribution in [0.1, 0.15) is 5.56 Å². The predicted molar refractivity (Wildman–Crippen MR) is 71.6 cm³/mol. The van der Waals surface area contributed by atoms with Gasteiger partial charge in [0.1, 0.15) is 0 Å². The highest BCUT2D eigenvalue weighted by molar-refractivity contribution is 9.10. The lowest BCUT2D eigenvalue weighted by molar-refractivity contribution is 0.0272. The number of sulfonamides is 1. The molecule has 0 unspecified atom stereocenters. The second kappa shape index (κ2) is 5.66. The second-order valence-electron chi connectivity index (χ2n) is 4.11. The van der Waals surface area contributed by atoms with Crippen LogP contribution >= 0.6 is 15.9 Å². The number of benzene rings is 1. The van der Waals surface area contributed by atoms with Crippen molar-refractivity contribution in [2.75, 3.05) is 26.3 Å². The van der Waals surface area contributed by atoms with E-state index in [0.717, 1.165) is 10.0 Å². The molecule has 0 saturated carbocycles. The summed E-state index contributed by atoms with van der Waals surface area (Å²) in [6.45, 7) is 4.07. The van der Waals surface area contributed by atoms with Crippen molar-refractivity contribution in [2.45, 2.75) is 11.8 Å². The monoisotopic (exact) mass is 334 g/mol. The summed E-state index contributed by atoms with van der Waals surface area (Å²) in [5.74, 6) is 0. The van der Waals surface area contributed by atoms with E-state index in [1.807, 2.05) is 6.92 Å². The van der Waals surface area contributed by atoms with E-state index in [4.69, 9.17) is 4.74 Å². The number of nitrogens with one attached hydrogen (secondary N) is 1. The molecule has 0 amide bonds. The molecule has 1 aliphatic heterocycles. The minimum atomic E-state index is -3.50. The van der Waals surface area contributed by atoms with Crippen molar-refractivity contribution >= 4 is 26.0 Å². The van der Waals surface area contributed by atoms with Crippen LogP contribution in [0.5, 0.6) is 0 Å². The van der Waals surface area contributed by atoms with Crippen LogP contribution in [0, 0.1) is 6.92 Å². The number of nitrogens with zero attached hydrogens (tertiary/aromatic N) is 1. The van der Waals surface area contributed by atoms with E-state index in [1.165, 1.54) is 0 Å². The van der Waals surface area contributed by atoms with Crippen LogP contribution in [0.3, 0.4) is 0 Å². The predicted octanol–water partition coefficient (Wildman–Crippen LogP) is 1.28. The number of morpholine rings is 1. The van der Waals surface area contributed by atoms with E-state index in [0.29, 0.717) is 26.3 Å². The van der Waals surface area contributed by atoms with Gasteiger partial charge in [-0.05, 0) is 30.7 Å². The van der Waals surface area contributed by atoms with Gasteiger partial charge in [-0.3, -0.25) is 0 Å². The first kappa shape index (κ1) is 14.0. The number of aryl methyl sites for hydroxylation is 1. The van der Waals surface area contributed by atoms with E-state index in [2.05, 4.69) is 20.8 Å². The van der Waals surface area contributed by atoms with Gasteiger partial charge in [0.05, 0.1) is 18.1 Å². The Morgan fingerprint density at radius 3 is 2.61 bits per heavy atom. The summed E-state index contributed by atoms with van der Waals surface area (Å²) in [5, 5.41) is 1.66. The molecule has 2 rings (SSSR count). The summed E-state index contributed by atoms with van der Waals surface area (Å²) in [4.78, 5) is 2.84. The Hall–Kier alpha value is -0.470. The smallest absolute Gasteiger partial charge is 0.253 e. The third-order valence-corrected chi connectivity index (χ3v) is 4.96. The molecule has 0 atom stereocenters. The van der Waals surface area contributed by atoms with E-state index < -0.39 is 10.0 Å². The zero-order valence-corrected chi connectivity index (χ0v) is 12.4. The van der Waals surface area contributed by atoms with Crippen molar-refractivity contribution in [1.82, 2.24) is 9.84 Å². The fraction of sp³-hybridized carbons (Fsp3) is 0.455. The summed E-state index contributed by atoms with van der Waals surface area (Å²) in [6.07, 6.45) is 0. The maximum atomic E-state index is 12.2. The zero-order valence-electron chi connectivity index (χ0n) is 10.0. The van der Waals surface area contributed by atoms with Crippen LogP contribution in [-0.4, -0.2) is 39.7 Å². The molecule has 18 heavy (non-hydrogen) atoms. The molecule has 0 aliphatic carbocycles. The van der Waals surface area contributed by atoms with Gasteiger partial charge in [-0.15, -0.1) is 4.83 Å². The van der Waals surface area contributed by atoms with E-state index >= 15 is 0 Å². The Kier molecular flexibility index (Phi) is 4.39. The molecule has 100 valence electrons. The molecule has 0 bridgehead atoms. The molecule has 1 fully saturated rings. The molecule has 1 N–H and O–H groups in total. The highest BCUT2D eigenvalue weighted by Crippen LogP contribution is 2.20. The number of ether oxygens (including phenoxy) is 1. The number of hydrogen-bond acceptors (Lipinski definition) is 4. The molecule has 0 aromatic heterocycles. The fourth-order valence-electron chi connectivity index (χ4n) is 1.66. The lowest BCUT2D eigenvalue weighted by Gasteiger charge is -2.26. The Morgan fingerprint density at radius 1 is 1.33 bits per heavy atom. The largest absolute Gasteiger partial charge is 0.379 e. The molecular formula is C11H15BrN2O3S. The molecule has 1 aromatic rings. The Bertz CT molecular complexity index is 527. The first-order valence-corrected chi connectivity index (χ1v) is 7.88. The van der Waals surface area contributed by atoms with Crippen LogP contribution in [-0.2, 0) is 14.8 Å². The van der Waals surface area contributed by atoms with Crippen LogP contribution in [0.15, 0.2) is 27.6 Å². The number of rotatable bonds is 3. The quantitative estimate of drug-likeness (QED) is 0.904. The van der Waals surface area contributed by atoms with Crippen LogP contribution in [0.2, 0.25) is 0 Å². The SMILES string of the molecule is Cc1cc(S(=O)(=O)NN2CCOCC2)ccc1Br. The van der Waals surface area contributed by atoms with Crippen molar-refractivity contribution in [3.05, 3.63) is 28.2 Å². The van der Waals surface area contributed by atoms with Crippen molar-refractivity contribution < 1.29 is 13.2 Å². The van der Waals surface area contributed by atoms with E-state index in [-0.39, 0.29) is 4.90 Å². The molecule has 1 heterocycles. The molecule has 1 aliphatic rings. The molecule has 1 aromatic carbocycles. The lowest BCUT2D eigenvalue weighted by atomic mass is 10.2. The Balaban J connectivity index is 2.16. The number of halogens is 1. The van der Waals surface area contributed by atoms with Crippen molar-refractivity contribution in [2.24, 2.45) is 0 Å². The lowest BCUT2D eigenvalue weighted by Crippen LogP contribution is -2.48. The van der Waals surface area contributed by atoms with Crippen LogP contribution < -0.4 is 4.83 Å². The fourth-order valence-corrected chi connectivity index (χ4v) is 3.12. The van der Waals surface area contributed by atoms with Crippen molar-refractivity contribution in [1.29, 1.82) is 0 Å². The van der Waals surface area contributed by atoms with Gasteiger partial charge >= 0.3 is 0 Å². The number of hydrazine groups is 1. The molecular weight excluding hydrogens is 320 g/mol. The van der Waals surface area contributed by atoms with Crippen LogP contribution in [0.4, 0.5) is 0 Å². The van der Waals surface area contributed by atoms with E-state index in [1.54, 1.807) is 23.2 Å². The minimum Gasteiger partial charge on any atom is -0.379 e. The Morgan fingerprint density at radius 2 is 2.00 bits per heavy atom. The van der Waals surface area contributed by atoms with Gasteiger partial charge in [0.25, 0.3) is 10.0 Å². The standard InChI is InChI=1S/C11H15BrN2O3S/c1-9-8-10(2-3-11(9)12)18(15,16)13-14-4-6-17-7-5-14/h2-3,8,13H,4-7H2,1H3. The topological polar surface area (TPSA) is 58.6 Å².